The molecule has 0 amide bonds. The molecule has 0 atom stereocenters. The summed E-state index contributed by atoms with van der Waals surface area (Å²) >= 11 is 0. The van der Waals surface area contributed by atoms with Gasteiger partial charge in [0.1, 0.15) is 18.0 Å². The van der Waals surface area contributed by atoms with Crippen LogP contribution in [-0.4, -0.2) is 42.3 Å². The summed E-state index contributed by atoms with van der Waals surface area (Å²) < 4.78 is 4.20. The second kappa shape index (κ2) is 4.66. The minimum atomic E-state index is 0.505. The van der Waals surface area contributed by atoms with E-state index in [1.165, 1.54) is 5.52 Å². The van der Waals surface area contributed by atoms with E-state index in [0.29, 0.717) is 6.04 Å². The number of benzene rings is 1. The van der Waals surface area contributed by atoms with Gasteiger partial charge >= 0.3 is 0 Å². The Morgan fingerprint density at radius 3 is 2.81 bits per heavy atom. The van der Waals surface area contributed by atoms with Crippen molar-refractivity contribution in [3.05, 3.63) is 42.2 Å². The molecule has 1 aromatic carbocycles. The normalized spacial score (nSPS) is 16.5. The van der Waals surface area contributed by atoms with Crippen LogP contribution in [0, 0.1) is 6.92 Å². The second-order valence-corrected chi connectivity index (χ2v) is 5.67. The third-order valence-electron chi connectivity index (χ3n) is 4.25. The highest BCUT2D eigenvalue weighted by atomic mass is 15.4. The quantitative estimate of drug-likeness (QED) is 0.731. The average molecular weight is 282 g/mol. The number of fused-ring (bicyclic) bond motifs is 1. The van der Waals surface area contributed by atoms with Gasteiger partial charge in [-0.3, -0.25) is 9.58 Å². The van der Waals surface area contributed by atoms with Crippen molar-refractivity contribution in [1.29, 1.82) is 0 Å². The van der Waals surface area contributed by atoms with E-state index in [0.717, 1.165) is 36.8 Å². The Bertz CT molecular complexity index is 780. The summed E-state index contributed by atoms with van der Waals surface area (Å²) in [7, 11) is 1.94. The number of rotatable bonds is 3. The summed E-state index contributed by atoms with van der Waals surface area (Å²) in [5.41, 5.74) is 2.32. The Hall–Kier alpha value is -2.21. The molecule has 0 bridgehead atoms. The van der Waals surface area contributed by atoms with E-state index in [-0.39, 0.29) is 0 Å². The first-order valence-corrected chi connectivity index (χ1v) is 7.21. The van der Waals surface area contributed by atoms with Crippen LogP contribution >= 0.6 is 0 Å². The van der Waals surface area contributed by atoms with Crippen molar-refractivity contribution >= 4 is 11.0 Å². The number of likely N-dealkylation sites (tertiary alicyclic amines) is 1. The largest absolute Gasteiger partial charge is 0.322 e. The molecule has 6 nitrogen and oxygen atoms in total. The Morgan fingerprint density at radius 2 is 2.05 bits per heavy atom. The molecule has 0 aliphatic carbocycles. The molecule has 108 valence electrons. The van der Waals surface area contributed by atoms with E-state index >= 15 is 0 Å². The van der Waals surface area contributed by atoms with Crippen LogP contribution in [0.1, 0.15) is 17.7 Å². The summed E-state index contributed by atoms with van der Waals surface area (Å²) in [6, 6.07) is 8.86. The highest BCUT2D eigenvalue weighted by Gasteiger charge is 2.30. The van der Waals surface area contributed by atoms with Gasteiger partial charge in [-0.25, -0.2) is 9.97 Å². The van der Waals surface area contributed by atoms with Crippen LogP contribution in [0.5, 0.6) is 0 Å². The molecule has 0 saturated carbocycles. The Labute approximate surface area is 123 Å². The third kappa shape index (κ3) is 2.03. The van der Waals surface area contributed by atoms with E-state index in [9.17, 15) is 0 Å². The van der Waals surface area contributed by atoms with Crippen molar-refractivity contribution in [3.63, 3.8) is 0 Å². The number of hydrogen-bond donors (Lipinski definition) is 0. The molecule has 21 heavy (non-hydrogen) atoms. The van der Waals surface area contributed by atoms with Gasteiger partial charge in [-0.15, -0.1) is 0 Å². The molecule has 3 heterocycles. The van der Waals surface area contributed by atoms with Crippen molar-refractivity contribution < 1.29 is 0 Å². The minimum absolute atomic E-state index is 0.505. The van der Waals surface area contributed by atoms with E-state index in [2.05, 4.69) is 49.7 Å². The highest BCUT2D eigenvalue weighted by molar-refractivity contribution is 5.76. The lowest BCUT2D eigenvalue weighted by molar-refractivity contribution is 0.0957. The van der Waals surface area contributed by atoms with Crippen LogP contribution < -0.4 is 0 Å². The molecule has 1 aliphatic rings. The van der Waals surface area contributed by atoms with Gasteiger partial charge in [0, 0.05) is 20.1 Å². The van der Waals surface area contributed by atoms with Gasteiger partial charge in [-0.2, -0.15) is 5.10 Å². The molecular weight excluding hydrogens is 264 g/mol. The van der Waals surface area contributed by atoms with Crippen LogP contribution in [0.3, 0.4) is 0 Å². The summed E-state index contributed by atoms with van der Waals surface area (Å²) in [4.78, 5) is 11.3. The first-order valence-electron chi connectivity index (χ1n) is 7.21. The van der Waals surface area contributed by atoms with Crippen LogP contribution in [0.2, 0.25) is 0 Å². The minimum Gasteiger partial charge on any atom is -0.322 e. The van der Waals surface area contributed by atoms with Crippen LogP contribution in [0.15, 0.2) is 30.6 Å². The van der Waals surface area contributed by atoms with Gasteiger partial charge in [0.25, 0.3) is 0 Å². The molecule has 2 aromatic heterocycles. The SMILES string of the molecule is Cc1nc2ccccc2n1C1CN(Cc2ncnn2C)C1. The summed E-state index contributed by atoms with van der Waals surface area (Å²) in [6.07, 6.45) is 1.61. The topological polar surface area (TPSA) is 51.8 Å². The molecule has 0 unspecified atom stereocenters. The lowest BCUT2D eigenvalue weighted by atomic mass is 10.1. The second-order valence-electron chi connectivity index (χ2n) is 5.67. The molecule has 3 aromatic rings. The molecule has 0 N–H and O–H groups in total. The molecule has 1 fully saturated rings. The van der Waals surface area contributed by atoms with Crippen molar-refractivity contribution in [2.45, 2.75) is 19.5 Å². The van der Waals surface area contributed by atoms with Gasteiger partial charge in [-0.05, 0) is 19.1 Å². The average Bonchev–Trinajstić information content (AvgIpc) is 2.97. The highest BCUT2D eigenvalue weighted by Crippen LogP contribution is 2.28. The molecule has 0 spiro atoms. The molecule has 0 radical (unpaired) electrons. The Balaban J connectivity index is 1.52. The zero-order chi connectivity index (χ0) is 14.4. The molecule has 1 saturated heterocycles. The number of para-hydroxylation sites is 2. The van der Waals surface area contributed by atoms with Gasteiger partial charge in [0.05, 0.1) is 23.6 Å². The molecular formula is C15H18N6. The van der Waals surface area contributed by atoms with Gasteiger partial charge in [0.15, 0.2) is 0 Å². The van der Waals surface area contributed by atoms with Gasteiger partial charge in [0.2, 0.25) is 0 Å². The molecule has 1 aliphatic heterocycles. The monoisotopic (exact) mass is 282 g/mol. The fourth-order valence-corrected chi connectivity index (χ4v) is 3.12. The number of imidazole rings is 1. The summed E-state index contributed by atoms with van der Waals surface area (Å²) in [6.45, 7) is 5.02. The van der Waals surface area contributed by atoms with Crippen LogP contribution in [0.4, 0.5) is 0 Å². The predicted octanol–water partition coefficient (Wildman–Crippen LogP) is 1.53. The van der Waals surface area contributed by atoms with Crippen molar-refractivity contribution in [2.75, 3.05) is 13.1 Å². The van der Waals surface area contributed by atoms with Crippen molar-refractivity contribution in [1.82, 2.24) is 29.2 Å². The van der Waals surface area contributed by atoms with Crippen LogP contribution in [0.25, 0.3) is 11.0 Å². The summed E-state index contributed by atoms with van der Waals surface area (Å²) in [5.74, 6) is 2.11. The lowest BCUT2D eigenvalue weighted by Crippen LogP contribution is -2.47. The number of aryl methyl sites for hydroxylation is 2. The molecule has 4 rings (SSSR count). The maximum absolute atomic E-state index is 4.65. The molecule has 6 heteroatoms. The smallest absolute Gasteiger partial charge is 0.140 e. The van der Waals surface area contributed by atoms with E-state index < -0.39 is 0 Å². The van der Waals surface area contributed by atoms with Crippen LogP contribution in [-0.2, 0) is 13.6 Å². The number of nitrogens with zero attached hydrogens (tertiary/aromatic N) is 6. The number of aromatic nitrogens is 5. The maximum Gasteiger partial charge on any atom is 0.140 e. The van der Waals surface area contributed by atoms with E-state index in [1.54, 1.807) is 6.33 Å². The zero-order valence-electron chi connectivity index (χ0n) is 12.3. The van der Waals surface area contributed by atoms with Gasteiger partial charge in [-0.1, -0.05) is 12.1 Å². The third-order valence-corrected chi connectivity index (χ3v) is 4.25. The first kappa shape index (κ1) is 12.5. The van der Waals surface area contributed by atoms with Crippen molar-refractivity contribution in [2.24, 2.45) is 7.05 Å². The zero-order valence-corrected chi connectivity index (χ0v) is 12.3. The predicted molar refractivity (Wildman–Crippen MR) is 79.8 cm³/mol. The van der Waals surface area contributed by atoms with Gasteiger partial charge < -0.3 is 4.57 Å². The fraction of sp³-hybridized carbons (Fsp3) is 0.400. The van der Waals surface area contributed by atoms with E-state index in [1.807, 2.05) is 17.8 Å². The maximum atomic E-state index is 4.65. The fourth-order valence-electron chi connectivity index (χ4n) is 3.12. The standard InChI is InChI=1S/C15H18N6/c1-11-18-13-5-3-4-6-14(13)21(11)12-7-20(8-12)9-15-16-10-17-19(15)2/h3-6,10,12H,7-9H2,1-2H3. The van der Waals surface area contributed by atoms with Crippen molar-refractivity contribution in [3.8, 4) is 0 Å². The lowest BCUT2D eigenvalue weighted by Gasteiger charge is -2.40. The summed E-state index contributed by atoms with van der Waals surface area (Å²) in [5, 5.41) is 4.12. The number of hydrogen-bond acceptors (Lipinski definition) is 4. The first-order chi connectivity index (χ1) is 10.2. The Morgan fingerprint density at radius 1 is 1.24 bits per heavy atom. The Kier molecular flexibility index (Phi) is 2.78. The van der Waals surface area contributed by atoms with E-state index in [4.69, 9.17) is 0 Å².